The molecule has 0 N–H and O–H groups in total. The van der Waals surface area contributed by atoms with Crippen molar-refractivity contribution in [2.45, 2.75) is 13.8 Å². The van der Waals surface area contributed by atoms with Crippen LogP contribution in [0.5, 0.6) is 0 Å². The average Bonchev–Trinajstić information content (AvgIpc) is 2.74. The Morgan fingerprint density at radius 1 is 0.170 bits per heavy atom. The van der Waals surface area contributed by atoms with Crippen LogP contribution in [0.1, 0.15) is 11.1 Å². The second-order valence-electron chi connectivity index (χ2n) is 22.5. The second kappa shape index (κ2) is 25.6. The van der Waals surface area contributed by atoms with E-state index in [-0.39, 0.29) is 0 Å². The summed E-state index contributed by atoms with van der Waals surface area (Å²) in [5.41, 5.74) is 23.6. The van der Waals surface area contributed by atoms with Gasteiger partial charge in [0.1, 0.15) is 0 Å². The fraction of sp³-hybridized carbons (Fsp3) is 0.0476. The molecule has 0 radical (unpaired) electrons. The van der Waals surface area contributed by atoms with Gasteiger partial charge in [0.15, 0.2) is 0 Å². The van der Waals surface area contributed by atoms with Crippen LogP contribution in [-0.4, -0.2) is 14.1 Å². The van der Waals surface area contributed by atoms with Crippen molar-refractivity contribution in [3.05, 3.63) is 351 Å². The van der Waals surface area contributed by atoms with Gasteiger partial charge in [-0.1, -0.05) is 224 Å². The summed E-state index contributed by atoms with van der Waals surface area (Å²) >= 11 is 0. The molecule has 0 unspecified atom stereocenters. The van der Waals surface area contributed by atoms with Gasteiger partial charge in [0.05, 0.1) is 0 Å². The first-order valence-corrected chi connectivity index (χ1v) is 30.2. The van der Waals surface area contributed by atoms with E-state index < -0.39 is 0 Å². The molecule has 0 aliphatic heterocycles. The van der Waals surface area contributed by atoms with Gasteiger partial charge < -0.3 is 19.6 Å². The standard InChI is InChI=1S/2C42H34N2/c1-31-9-8-14-41(29-31)43(2)38-22-15-35(16-23-38)36-19-26-40(27-20-36)44(42-28-21-33-12-6-7-13-37(33)30-42)39-24-17-34(18-25-39)32-10-4-3-5-11-32;1-31-12-21-38(22-13-31)43(2)39-23-14-35(15-24-39)36-18-27-41(28-19-36)44(42-29-20-33-10-6-7-11-37(33)30-42)40-25-16-34(17-26-40)32-8-4-3-5-9-32/h2*3-30H,1-2H3. The van der Waals surface area contributed by atoms with Crippen LogP contribution in [0.4, 0.5) is 56.9 Å². The van der Waals surface area contributed by atoms with Crippen LogP contribution in [-0.2, 0) is 0 Å². The molecular weight excluding hydrogens is 1060 g/mol. The van der Waals surface area contributed by atoms with Gasteiger partial charge in [0, 0.05) is 71.0 Å². The van der Waals surface area contributed by atoms with Crippen LogP contribution in [0, 0.1) is 13.8 Å². The Labute approximate surface area is 518 Å². The quantitative estimate of drug-likeness (QED) is 0.108. The minimum absolute atomic E-state index is 1.12. The summed E-state index contributed by atoms with van der Waals surface area (Å²) in [6.45, 7) is 4.25. The summed E-state index contributed by atoms with van der Waals surface area (Å²) in [6, 6.07) is 122. The number of hydrogen-bond donors (Lipinski definition) is 0. The van der Waals surface area contributed by atoms with E-state index in [1.54, 1.807) is 0 Å². The summed E-state index contributed by atoms with van der Waals surface area (Å²) in [7, 11) is 4.23. The Morgan fingerprint density at radius 3 is 0.784 bits per heavy atom. The van der Waals surface area contributed by atoms with Crippen molar-refractivity contribution in [2.75, 3.05) is 33.7 Å². The van der Waals surface area contributed by atoms with E-state index in [1.807, 2.05) is 0 Å². The van der Waals surface area contributed by atoms with E-state index in [0.29, 0.717) is 0 Å². The first kappa shape index (κ1) is 56.0. The molecule has 0 bridgehead atoms. The molecule has 0 amide bonds. The summed E-state index contributed by atoms with van der Waals surface area (Å²) in [4.78, 5) is 9.12. The molecule has 0 saturated heterocycles. The summed E-state index contributed by atoms with van der Waals surface area (Å²) in [6.07, 6.45) is 0. The van der Waals surface area contributed by atoms with Gasteiger partial charge in [-0.05, 0) is 207 Å². The number of hydrogen-bond acceptors (Lipinski definition) is 4. The lowest BCUT2D eigenvalue weighted by atomic mass is 10.0. The van der Waals surface area contributed by atoms with Crippen LogP contribution in [0.15, 0.2) is 340 Å². The smallest absolute Gasteiger partial charge is 0.0468 e. The molecule has 4 heteroatoms. The van der Waals surface area contributed by atoms with Gasteiger partial charge in [-0.25, -0.2) is 0 Å². The van der Waals surface area contributed by atoms with Crippen molar-refractivity contribution in [3.63, 3.8) is 0 Å². The van der Waals surface area contributed by atoms with Gasteiger partial charge in [-0.2, -0.15) is 0 Å². The van der Waals surface area contributed by atoms with Gasteiger partial charge in [0.25, 0.3) is 0 Å². The Morgan fingerprint density at radius 2 is 0.443 bits per heavy atom. The van der Waals surface area contributed by atoms with Crippen molar-refractivity contribution >= 4 is 78.4 Å². The third-order valence-corrected chi connectivity index (χ3v) is 16.7. The lowest BCUT2D eigenvalue weighted by Gasteiger charge is -2.26. The first-order chi connectivity index (χ1) is 43.2. The highest BCUT2D eigenvalue weighted by molar-refractivity contribution is 5.92. The Bertz CT molecular complexity index is 4600. The first-order valence-electron chi connectivity index (χ1n) is 30.2. The minimum atomic E-state index is 1.12. The fourth-order valence-corrected chi connectivity index (χ4v) is 11.7. The highest BCUT2D eigenvalue weighted by atomic mass is 15.1. The predicted molar refractivity (Wildman–Crippen MR) is 377 cm³/mol. The average molecular weight is 1130 g/mol. The topological polar surface area (TPSA) is 13.0 Å². The zero-order chi connectivity index (χ0) is 59.8. The van der Waals surface area contributed by atoms with E-state index in [4.69, 9.17) is 0 Å². The molecule has 0 fully saturated rings. The van der Waals surface area contributed by atoms with Crippen LogP contribution in [0.3, 0.4) is 0 Å². The zero-order valence-corrected chi connectivity index (χ0v) is 50.1. The molecule has 0 aliphatic carbocycles. The van der Waals surface area contributed by atoms with Crippen molar-refractivity contribution in [1.82, 2.24) is 0 Å². The van der Waals surface area contributed by atoms with Gasteiger partial charge in [-0.3, -0.25) is 0 Å². The lowest BCUT2D eigenvalue weighted by Crippen LogP contribution is -2.10. The highest BCUT2D eigenvalue weighted by Gasteiger charge is 2.17. The maximum Gasteiger partial charge on any atom is 0.0468 e. The maximum atomic E-state index is 2.34. The molecule has 0 atom stereocenters. The SMILES string of the molecule is Cc1ccc(N(C)c2ccc(-c3ccc(N(c4ccc(-c5ccccc5)cc4)c4ccc5ccccc5c4)cc3)cc2)cc1.Cc1cccc(N(C)c2ccc(-c3ccc(N(c4ccc(-c5ccccc5)cc4)c4ccc5ccccc5c4)cc3)cc2)c1. The Hall–Kier alpha value is -11.2. The molecule has 4 nitrogen and oxygen atoms in total. The summed E-state index contributed by atoms with van der Waals surface area (Å²) < 4.78 is 0. The summed E-state index contributed by atoms with van der Waals surface area (Å²) in [5, 5.41) is 4.93. The highest BCUT2D eigenvalue weighted by Crippen LogP contribution is 2.41. The molecule has 14 aromatic carbocycles. The zero-order valence-electron chi connectivity index (χ0n) is 50.1. The van der Waals surface area contributed by atoms with E-state index in [0.717, 1.165) is 45.5 Å². The maximum absolute atomic E-state index is 2.34. The minimum Gasteiger partial charge on any atom is -0.345 e. The second-order valence-corrected chi connectivity index (χ2v) is 22.5. The van der Waals surface area contributed by atoms with Gasteiger partial charge in [-0.15, -0.1) is 0 Å². The van der Waals surface area contributed by atoms with Gasteiger partial charge >= 0.3 is 0 Å². The Balaban J connectivity index is 0.000000162. The molecule has 14 aromatic rings. The van der Waals surface area contributed by atoms with Gasteiger partial charge in [0.2, 0.25) is 0 Å². The van der Waals surface area contributed by atoms with Crippen molar-refractivity contribution in [1.29, 1.82) is 0 Å². The van der Waals surface area contributed by atoms with E-state index in [9.17, 15) is 0 Å². The molecule has 424 valence electrons. The van der Waals surface area contributed by atoms with Crippen LogP contribution in [0.25, 0.3) is 66.1 Å². The van der Waals surface area contributed by atoms with E-state index in [2.05, 4.69) is 387 Å². The van der Waals surface area contributed by atoms with Crippen molar-refractivity contribution in [3.8, 4) is 44.5 Å². The third kappa shape index (κ3) is 12.5. The normalized spacial score (nSPS) is 11.0. The molecule has 0 heterocycles. The van der Waals surface area contributed by atoms with Crippen molar-refractivity contribution in [2.24, 2.45) is 0 Å². The molecular formula is C84H68N4. The Kier molecular flexibility index (Phi) is 16.3. The molecule has 0 aromatic heterocycles. The molecule has 88 heavy (non-hydrogen) atoms. The lowest BCUT2D eigenvalue weighted by molar-refractivity contribution is 1.20. The predicted octanol–water partition coefficient (Wildman–Crippen LogP) is 23.4. The molecule has 0 aliphatic rings. The fourth-order valence-electron chi connectivity index (χ4n) is 11.7. The van der Waals surface area contributed by atoms with Crippen LogP contribution in [0.2, 0.25) is 0 Å². The van der Waals surface area contributed by atoms with E-state index >= 15 is 0 Å². The number of fused-ring (bicyclic) bond motifs is 2. The van der Waals surface area contributed by atoms with Crippen LogP contribution >= 0.6 is 0 Å². The largest absolute Gasteiger partial charge is 0.345 e. The number of rotatable bonds is 14. The molecule has 14 rings (SSSR count). The van der Waals surface area contributed by atoms with E-state index in [1.165, 1.54) is 88.6 Å². The third-order valence-electron chi connectivity index (χ3n) is 16.7. The summed E-state index contributed by atoms with van der Waals surface area (Å²) in [5.74, 6) is 0. The number of anilines is 10. The van der Waals surface area contributed by atoms with Crippen molar-refractivity contribution < 1.29 is 0 Å². The number of benzene rings is 14. The van der Waals surface area contributed by atoms with Crippen LogP contribution < -0.4 is 19.6 Å². The molecule has 0 spiro atoms. The number of nitrogens with zero attached hydrogens (tertiary/aromatic N) is 4. The number of aryl methyl sites for hydroxylation is 2. The monoisotopic (exact) mass is 1130 g/mol. The molecule has 0 saturated carbocycles.